The molecule has 9 nitrogen and oxygen atoms in total. The second-order valence-corrected chi connectivity index (χ2v) is 10.1. The van der Waals surface area contributed by atoms with Gasteiger partial charge in [-0.15, -0.1) is 6.58 Å². The summed E-state index contributed by atoms with van der Waals surface area (Å²) in [6, 6.07) is 9.57. The Morgan fingerprint density at radius 2 is 2.15 bits per heavy atom. The van der Waals surface area contributed by atoms with Crippen LogP contribution < -0.4 is 9.64 Å². The van der Waals surface area contributed by atoms with Crippen molar-refractivity contribution in [2.75, 3.05) is 18.6 Å². The minimum atomic E-state index is -0.513. The number of benzene rings is 1. The summed E-state index contributed by atoms with van der Waals surface area (Å²) in [5.74, 6) is 1.81. The van der Waals surface area contributed by atoms with Gasteiger partial charge in [0.25, 0.3) is 0 Å². The van der Waals surface area contributed by atoms with Gasteiger partial charge in [0.15, 0.2) is 17.2 Å². The van der Waals surface area contributed by atoms with Gasteiger partial charge in [0.2, 0.25) is 11.8 Å². The predicted molar refractivity (Wildman–Crippen MR) is 150 cm³/mol. The number of fused-ring (bicyclic) bond motifs is 1. The number of halogens is 1. The van der Waals surface area contributed by atoms with E-state index in [4.69, 9.17) is 9.26 Å². The molecule has 1 atom stereocenters. The van der Waals surface area contributed by atoms with Crippen LogP contribution in [0.4, 0.5) is 10.1 Å². The van der Waals surface area contributed by atoms with Crippen LogP contribution in [0, 0.1) is 5.92 Å². The Bertz CT molecular complexity index is 1510. The molecule has 1 fully saturated rings. The van der Waals surface area contributed by atoms with Crippen LogP contribution in [0.1, 0.15) is 56.2 Å². The van der Waals surface area contributed by atoms with Crippen molar-refractivity contribution < 1.29 is 18.4 Å². The highest BCUT2D eigenvalue weighted by Crippen LogP contribution is 2.38. The second-order valence-electron chi connectivity index (χ2n) is 10.1. The minimum absolute atomic E-state index is 0.0126. The number of allylic oxidation sites excluding steroid dienone is 1. The van der Waals surface area contributed by atoms with Crippen molar-refractivity contribution in [1.29, 1.82) is 0 Å². The van der Waals surface area contributed by atoms with Gasteiger partial charge in [-0.05, 0) is 55.4 Å². The van der Waals surface area contributed by atoms with Crippen LogP contribution in [0.5, 0.6) is 5.75 Å². The molecule has 1 unspecified atom stereocenters. The number of aromatic nitrogens is 5. The zero-order valence-corrected chi connectivity index (χ0v) is 22.6. The Morgan fingerprint density at radius 1 is 1.30 bits per heavy atom. The molecule has 1 aliphatic rings. The fourth-order valence-electron chi connectivity index (χ4n) is 4.70. The SMILES string of the molecule is C=CC(CCCc1nc(C2CC2)no1)CN(C(=O)CCC(=C)F)c1cccc(-c2cc(OC)c3ncnn3c2)c1. The summed E-state index contributed by atoms with van der Waals surface area (Å²) in [4.78, 5) is 23.8. The summed E-state index contributed by atoms with van der Waals surface area (Å²) in [5, 5.41) is 8.33. The molecule has 0 N–H and O–H groups in total. The number of amides is 1. The van der Waals surface area contributed by atoms with E-state index in [0.29, 0.717) is 41.9 Å². The molecule has 0 bridgehead atoms. The molecule has 0 saturated heterocycles. The van der Waals surface area contributed by atoms with Crippen LogP contribution in [0.3, 0.4) is 0 Å². The first-order valence-corrected chi connectivity index (χ1v) is 13.5. The average Bonchev–Trinajstić information content (AvgIpc) is 3.51. The van der Waals surface area contributed by atoms with E-state index < -0.39 is 5.83 Å². The highest BCUT2D eigenvalue weighted by Gasteiger charge is 2.28. The maximum atomic E-state index is 13.5. The van der Waals surface area contributed by atoms with E-state index in [2.05, 4.69) is 33.4 Å². The largest absolute Gasteiger partial charge is 0.493 e. The topological polar surface area (TPSA) is 98.7 Å². The van der Waals surface area contributed by atoms with Crippen LogP contribution in [-0.2, 0) is 11.2 Å². The Hall–Kier alpha value is -4.34. The van der Waals surface area contributed by atoms with Gasteiger partial charge in [0.05, 0.1) is 12.9 Å². The van der Waals surface area contributed by atoms with Crippen LogP contribution in [0.2, 0.25) is 0 Å². The van der Waals surface area contributed by atoms with Crippen LogP contribution in [-0.4, -0.2) is 44.3 Å². The Kier molecular flexibility index (Phi) is 8.33. The monoisotopic (exact) mass is 544 g/mol. The molecule has 0 radical (unpaired) electrons. The van der Waals surface area contributed by atoms with Crippen molar-refractivity contribution in [1.82, 2.24) is 24.7 Å². The maximum Gasteiger partial charge on any atom is 0.227 e. The third-order valence-electron chi connectivity index (χ3n) is 7.11. The van der Waals surface area contributed by atoms with Gasteiger partial charge in [0.1, 0.15) is 6.33 Å². The molecule has 0 aliphatic heterocycles. The third-order valence-corrected chi connectivity index (χ3v) is 7.11. The molecular formula is C30H33FN6O3. The molecule has 1 amide bonds. The van der Waals surface area contributed by atoms with E-state index in [9.17, 15) is 9.18 Å². The van der Waals surface area contributed by atoms with Crippen molar-refractivity contribution >= 4 is 17.2 Å². The van der Waals surface area contributed by atoms with Crippen LogP contribution in [0.25, 0.3) is 16.8 Å². The molecule has 1 aromatic carbocycles. The van der Waals surface area contributed by atoms with Crippen molar-refractivity contribution in [3.05, 3.63) is 79.6 Å². The van der Waals surface area contributed by atoms with Gasteiger partial charge in [-0.3, -0.25) is 4.79 Å². The molecule has 4 aromatic rings. The lowest BCUT2D eigenvalue weighted by Crippen LogP contribution is -2.35. The van der Waals surface area contributed by atoms with E-state index in [1.54, 1.807) is 16.5 Å². The summed E-state index contributed by atoms with van der Waals surface area (Å²) < 4.78 is 26.0. The van der Waals surface area contributed by atoms with Gasteiger partial charge in [-0.2, -0.15) is 10.1 Å². The highest BCUT2D eigenvalue weighted by molar-refractivity contribution is 5.94. The lowest BCUT2D eigenvalue weighted by atomic mass is 10.00. The number of carbonyl (C=O) groups is 1. The Morgan fingerprint density at radius 3 is 2.90 bits per heavy atom. The van der Waals surface area contributed by atoms with Crippen molar-refractivity contribution in [3.8, 4) is 16.9 Å². The summed E-state index contributed by atoms with van der Waals surface area (Å²) in [7, 11) is 1.59. The first kappa shape index (κ1) is 27.2. The first-order valence-electron chi connectivity index (χ1n) is 13.5. The number of methoxy groups -OCH3 is 1. The molecule has 208 valence electrons. The second kappa shape index (κ2) is 12.2. The van der Waals surface area contributed by atoms with E-state index in [-0.39, 0.29) is 24.7 Å². The lowest BCUT2D eigenvalue weighted by molar-refractivity contribution is -0.118. The van der Waals surface area contributed by atoms with Crippen molar-refractivity contribution in [2.24, 2.45) is 5.92 Å². The number of rotatable bonds is 14. The van der Waals surface area contributed by atoms with E-state index in [0.717, 1.165) is 42.6 Å². The van der Waals surface area contributed by atoms with E-state index in [1.165, 1.54) is 6.33 Å². The zero-order valence-electron chi connectivity index (χ0n) is 22.6. The van der Waals surface area contributed by atoms with Crippen molar-refractivity contribution in [3.63, 3.8) is 0 Å². The van der Waals surface area contributed by atoms with E-state index >= 15 is 0 Å². The zero-order chi connectivity index (χ0) is 28.1. The summed E-state index contributed by atoms with van der Waals surface area (Å²) in [6.07, 6.45) is 9.71. The van der Waals surface area contributed by atoms with Crippen LogP contribution in [0.15, 0.2) is 72.4 Å². The molecule has 10 heteroatoms. The van der Waals surface area contributed by atoms with E-state index in [1.807, 2.05) is 42.6 Å². The normalized spacial score (nSPS) is 13.8. The fraction of sp³-hybridized carbons (Fsp3) is 0.367. The third kappa shape index (κ3) is 6.44. The number of aryl methyl sites for hydroxylation is 1. The summed E-state index contributed by atoms with van der Waals surface area (Å²) in [5.41, 5.74) is 3.05. The maximum absolute atomic E-state index is 13.5. The standard InChI is InChI=1S/C30H33FN6O3/c1-4-21(7-5-10-27-34-29(35-40-27)22-12-13-22)17-36(28(38)14-11-20(2)31)25-9-6-8-23(15-25)24-16-26(39-3)30-32-19-33-37(30)18-24/h4,6,8-9,15-16,18-19,21-22H,1-2,5,7,10-14,17H2,3H3. The number of ether oxygens (including phenoxy) is 1. The smallest absolute Gasteiger partial charge is 0.227 e. The van der Waals surface area contributed by atoms with Gasteiger partial charge >= 0.3 is 0 Å². The molecule has 5 rings (SSSR count). The molecule has 0 spiro atoms. The number of hydrogen-bond donors (Lipinski definition) is 0. The average molecular weight is 545 g/mol. The summed E-state index contributed by atoms with van der Waals surface area (Å²) in [6.45, 7) is 7.74. The van der Waals surface area contributed by atoms with Gasteiger partial charge in [0, 0.05) is 49.2 Å². The Balaban J connectivity index is 1.34. The molecular weight excluding hydrogens is 511 g/mol. The quantitative estimate of drug-likeness (QED) is 0.177. The number of anilines is 1. The molecule has 1 aliphatic carbocycles. The van der Waals surface area contributed by atoms with Gasteiger partial charge < -0.3 is 14.2 Å². The van der Waals surface area contributed by atoms with Crippen LogP contribution >= 0.6 is 0 Å². The summed E-state index contributed by atoms with van der Waals surface area (Å²) >= 11 is 0. The molecule has 40 heavy (non-hydrogen) atoms. The predicted octanol–water partition coefficient (Wildman–Crippen LogP) is 6.09. The van der Waals surface area contributed by atoms with Crippen molar-refractivity contribution in [2.45, 2.75) is 50.9 Å². The van der Waals surface area contributed by atoms with Gasteiger partial charge in [-0.25, -0.2) is 13.9 Å². The molecule has 3 aromatic heterocycles. The minimum Gasteiger partial charge on any atom is -0.493 e. The molecule has 1 saturated carbocycles. The lowest BCUT2D eigenvalue weighted by Gasteiger charge is -2.27. The molecule has 3 heterocycles. The first-order chi connectivity index (χ1) is 19.4. The number of nitrogens with zero attached hydrogens (tertiary/aromatic N) is 6. The highest BCUT2D eigenvalue weighted by atomic mass is 19.1. The number of hydrogen-bond acceptors (Lipinski definition) is 7. The number of carbonyl (C=O) groups excluding carboxylic acids is 1. The Labute approximate surface area is 232 Å². The fourth-order valence-corrected chi connectivity index (χ4v) is 4.70. The number of pyridine rings is 1. The van der Waals surface area contributed by atoms with Gasteiger partial charge in [-0.1, -0.05) is 29.9 Å².